The summed E-state index contributed by atoms with van der Waals surface area (Å²) >= 11 is 1.86. The van der Waals surface area contributed by atoms with Gasteiger partial charge in [-0.25, -0.2) is 4.98 Å². The molecule has 0 amide bonds. The largest absolute Gasteiger partial charge is 0.309 e. The monoisotopic (exact) mass is 272 g/mol. The summed E-state index contributed by atoms with van der Waals surface area (Å²) in [6.45, 7) is 3.09. The Morgan fingerprint density at radius 3 is 3.05 bits per heavy atom. The molecule has 1 atom stereocenters. The third kappa shape index (κ3) is 2.83. The first-order valence-electron chi connectivity index (χ1n) is 6.39. The van der Waals surface area contributed by atoms with Crippen LogP contribution >= 0.6 is 11.3 Å². The number of benzene rings is 1. The average Bonchev–Trinajstić information content (AvgIpc) is 3.07. The highest BCUT2D eigenvalue weighted by Crippen LogP contribution is 2.29. The van der Waals surface area contributed by atoms with Crippen molar-refractivity contribution in [3.63, 3.8) is 0 Å². The van der Waals surface area contributed by atoms with Crippen LogP contribution in [0.2, 0.25) is 0 Å². The molecule has 0 fully saturated rings. The second kappa shape index (κ2) is 5.50. The summed E-state index contributed by atoms with van der Waals surface area (Å²) in [5.41, 5.74) is 0. The molecule has 1 aromatic carbocycles. The second-order valence-electron chi connectivity index (χ2n) is 4.54. The van der Waals surface area contributed by atoms with Gasteiger partial charge in [0, 0.05) is 28.6 Å². The summed E-state index contributed by atoms with van der Waals surface area (Å²) in [6.07, 6.45) is 2.42. The van der Waals surface area contributed by atoms with Crippen LogP contribution < -0.4 is 5.32 Å². The van der Waals surface area contributed by atoms with Crippen molar-refractivity contribution in [2.24, 2.45) is 0 Å². The minimum atomic E-state index is 0.361. The van der Waals surface area contributed by atoms with E-state index >= 15 is 0 Å². The summed E-state index contributed by atoms with van der Waals surface area (Å²) in [4.78, 5) is 5.49. The molecule has 2 aromatic heterocycles. The maximum atomic E-state index is 4.12. The lowest BCUT2D eigenvalue weighted by molar-refractivity contribution is 0.578. The third-order valence-corrected chi connectivity index (χ3v) is 4.45. The molecule has 98 valence electrons. The summed E-state index contributed by atoms with van der Waals surface area (Å²) in [5.74, 6) is 0.927. The Morgan fingerprint density at radius 2 is 2.26 bits per heavy atom. The first-order valence-corrected chi connectivity index (χ1v) is 7.20. The van der Waals surface area contributed by atoms with Gasteiger partial charge in [-0.15, -0.1) is 11.3 Å². The molecule has 0 bridgehead atoms. The predicted molar refractivity (Wildman–Crippen MR) is 78.3 cm³/mol. The standard InChI is InChI=1S/C14H16N4S/c1-10(15-7-6-14-16-9-17-18-14)13-8-11-4-2-3-5-12(11)19-13/h2-5,8-10,15H,6-7H2,1H3,(H,16,17,18). The van der Waals surface area contributed by atoms with Gasteiger partial charge in [0.05, 0.1) is 0 Å². The lowest BCUT2D eigenvalue weighted by Gasteiger charge is -2.10. The molecule has 0 radical (unpaired) electrons. The van der Waals surface area contributed by atoms with E-state index in [2.05, 4.69) is 57.8 Å². The second-order valence-corrected chi connectivity index (χ2v) is 5.66. The number of hydrogen-bond acceptors (Lipinski definition) is 4. The number of fused-ring (bicyclic) bond motifs is 1. The van der Waals surface area contributed by atoms with Gasteiger partial charge < -0.3 is 5.32 Å². The summed E-state index contributed by atoms with van der Waals surface area (Å²) in [6, 6.07) is 11.1. The highest BCUT2D eigenvalue weighted by Gasteiger charge is 2.08. The fourth-order valence-corrected chi connectivity index (χ4v) is 3.17. The quantitative estimate of drug-likeness (QED) is 0.751. The van der Waals surface area contributed by atoms with E-state index < -0.39 is 0 Å². The minimum Gasteiger partial charge on any atom is -0.309 e. The Hall–Kier alpha value is -1.72. The van der Waals surface area contributed by atoms with E-state index in [1.54, 1.807) is 6.33 Å². The van der Waals surface area contributed by atoms with Gasteiger partial charge >= 0.3 is 0 Å². The highest BCUT2D eigenvalue weighted by molar-refractivity contribution is 7.19. The molecule has 0 spiro atoms. The van der Waals surface area contributed by atoms with Gasteiger partial charge in [0.2, 0.25) is 0 Å². The summed E-state index contributed by atoms with van der Waals surface area (Å²) in [5, 5.41) is 11.6. The molecule has 0 aliphatic carbocycles. The Kier molecular flexibility index (Phi) is 3.57. The van der Waals surface area contributed by atoms with Gasteiger partial charge in [0.15, 0.2) is 0 Å². The van der Waals surface area contributed by atoms with Crippen LogP contribution in [0, 0.1) is 0 Å². The third-order valence-electron chi connectivity index (χ3n) is 3.15. The molecule has 2 heterocycles. The molecule has 2 N–H and O–H groups in total. The van der Waals surface area contributed by atoms with Crippen molar-refractivity contribution in [2.45, 2.75) is 19.4 Å². The fourth-order valence-electron chi connectivity index (χ4n) is 2.07. The van der Waals surface area contributed by atoms with E-state index in [4.69, 9.17) is 0 Å². The Bertz CT molecular complexity index is 611. The zero-order valence-electron chi connectivity index (χ0n) is 10.8. The first-order chi connectivity index (χ1) is 9.33. The van der Waals surface area contributed by atoms with Crippen LogP contribution in [-0.4, -0.2) is 21.7 Å². The minimum absolute atomic E-state index is 0.361. The molecule has 0 saturated carbocycles. The number of nitrogens with zero attached hydrogens (tertiary/aromatic N) is 2. The van der Waals surface area contributed by atoms with E-state index in [1.165, 1.54) is 15.0 Å². The molecule has 1 unspecified atom stereocenters. The van der Waals surface area contributed by atoms with Crippen LogP contribution in [-0.2, 0) is 6.42 Å². The summed E-state index contributed by atoms with van der Waals surface area (Å²) < 4.78 is 1.35. The zero-order valence-corrected chi connectivity index (χ0v) is 11.6. The number of rotatable bonds is 5. The Balaban J connectivity index is 1.61. The van der Waals surface area contributed by atoms with Crippen LogP contribution in [0.5, 0.6) is 0 Å². The molecule has 3 aromatic rings. The molecular weight excluding hydrogens is 256 g/mol. The van der Waals surface area contributed by atoms with Crippen molar-refractivity contribution in [3.8, 4) is 0 Å². The predicted octanol–water partition coefficient (Wildman–Crippen LogP) is 2.91. The highest BCUT2D eigenvalue weighted by atomic mass is 32.1. The average molecular weight is 272 g/mol. The molecule has 19 heavy (non-hydrogen) atoms. The van der Waals surface area contributed by atoms with Crippen molar-refractivity contribution in [1.29, 1.82) is 0 Å². The molecule has 4 nitrogen and oxygen atoms in total. The van der Waals surface area contributed by atoms with Crippen LogP contribution in [0.25, 0.3) is 10.1 Å². The van der Waals surface area contributed by atoms with E-state index in [-0.39, 0.29) is 0 Å². The van der Waals surface area contributed by atoms with Crippen molar-refractivity contribution in [2.75, 3.05) is 6.54 Å². The van der Waals surface area contributed by atoms with Gasteiger partial charge in [-0.1, -0.05) is 18.2 Å². The van der Waals surface area contributed by atoms with Crippen LogP contribution in [0.4, 0.5) is 0 Å². The number of hydrogen-bond donors (Lipinski definition) is 2. The molecular formula is C14H16N4S. The number of H-pyrrole nitrogens is 1. The molecule has 0 aliphatic heterocycles. The molecule has 0 saturated heterocycles. The van der Waals surface area contributed by atoms with Crippen molar-refractivity contribution in [1.82, 2.24) is 20.5 Å². The number of aromatic nitrogens is 3. The fraction of sp³-hybridized carbons (Fsp3) is 0.286. The van der Waals surface area contributed by atoms with Crippen LogP contribution in [0.1, 0.15) is 23.7 Å². The van der Waals surface area contributed by atoms with Gasteiger partial charge in [0.1, 0.15) is 12.2 Å². The Labute approximate surface area is 115 Å². The number of nitrogens with one attached hydrogen (secondary N) is 2. The van der Waals surface area contributed by atoms with Gasteiger partial charge in [-0.05, 0) is 24.4 Å². The number of aromatic amines is 1. The lowest BCUT2D eigenvalue weighted by Crippen LogP contribution is -2.20. The maximum Gasteiger partial charge on any atom is 0.137 e. The van der Waals surface area contributed by atoms with Crippen LogP contribution in [0.15, 0.2) is 36.7 Å². The Morgan fingerprint density at radius 1 is 1.37 bits per heavy atom. The summed E-state index contributed by atoms with van der Waals surface area (Å²) in [7, 11) is 0. The lowest BCUT2D eigenvalue weighted by atomic mass is 10.2. The first kappa shape index (κ1) is 12.3. The maximum absolute atomic E-state index is 4.12. The van der Waals surface area contributed by atoms with E-state index in [9.17, 15) is 0 Å². The molecule has 5 heteroatoms. The topological polar surface area (TPSA) is 53.6 Å². The van der Waals surface area contributed by atoms with Crippen molar-refractivity contribution >= 4 is 21.4 Å². The SMILES string of the molecule is CC(NCCc1ncn[nH]1)c1cc2ccccc2s1. The van der Waals surface area contributed by atoms with Gasteiger partial charge in [0.25, 0.3) is 0 Å². The van der Waals surface area contributed by atoms with Crippen LogP contribution in [0.3, 0.4) is 0 Å². The van der Waals surface area contributed by atoms with Gasteiger partial charge in [-0.2, -0.15) is 5.10 Å². The van der Waals surface area contributed by atoms with E-state index in [1.807, 2.05) is 11.3 Å². The number of thiophene rings is 1. The van der Waals surface area contributed by atoms with Crippen molar-refractivity contribution in [3.05, 3.63) is 47.4 Å². The van der Waals surface area contributed by atoms with E-state index in [0.717, 1.165) is 18.8 Å². The smallest absolute Gasteiger partial charge is 0.137 e. The normalized spacial score (nSPS) is 12.9. The van der Waals surface area contributed by atoms with Gasteiger partial charge in [-0.3, -0.25) is 5.10 Å². The molecule has 3 rings (SSSR count). The zero-order chi connectivity index (χ0) is 13.1. The van der Waals surface area contributed by atoms with Crippen molar-refractivity contribution < 1.29 is 0 Å². The van der Waals surface area contributed by atoms with E-state index in [0.29, 0.717) is 6.04 Å². The molecule has 0 aliphatic rings.